The average Bonchev–Trinajstić information content (AvgIpc) is 3.70. The summed E-state index contributed by atoms with van der Waals surface area (Å²) >= 11 is 0. The lowest BCUT2D eigenvalue weighted by Crippen LogP contribution is -2.66. The van der Waals surface area contributed by atoms with Gasteiger partial charge in [-0.05, 0) is 58.2 Å². The fourth-order valence-electron chi connectivity index (χ4n) is 8.48. The summed E-state index contributed by atoms with van der Waals surface area (Å²) in [4.78, 5) is 0. The summed E-state index contributed by atoms with van der Waals surface area (Å²) in [6, 6.07) is 21.8. The minimum atomic E-state index is -2.63. The number of aliphatic hydroxyl groups is 1. The zero-order valence-electron chi connectivity index (χ0n) is 29.8. The Labute approximate surface area is 276 Å². The predicted molar refractivity (Wildman–Crippen MR) is 191 cm³/mol. The van der Waals surface area contributed by atoms with E-state index in [-0.39, 0.29) is 29.5 Å². The molecule has 4 rings (SSSR count). The molecule has 1 N–H and O–H groups in total. The number of unbranched alkanes of at least 4 members (excludes halogenated alkanes) is 1. The van der Waals surface area contributed by atoms with E-state index in [4.69, 9.17) is 18.3 Å². The quantitative estimate of drug-likeness (QED) is 0.112. The topological polar surface area (TPSA) is 60.5 Å². The second kappa shape index (κ2) is 14.8. The van der Waals surface area contributed by atoms with E-state index in [1.165, 1.54) is 10.4 Å². The van der Waals surface area contributed by atoms with E-state index in [1.807, 2.05) is 6.92 Å². The molecule has 0 aromatic heterocycles. The average molecular weight is 655 g/mol. The van der Waals surface area contributed by atoms with Gasteiger partial charge in [-0.25, -0.2) is 0 Å². The van der Waals surface area contributed by atoms with E-state index in [0.29, 0.717) is 23.2 Å². The molecule has 2 aromatic rings. The molecule has 0 saturated carbocycles. The molecule has 0 unspecified atom stereocenters. The Hall–Kier alpha value is -1.33. The van der Waals surface area contributed by atoms with Crippen molar-refractivity contribution >= 4 is 27.0 Å². The van der Waals surface area contributed by atoms with Crippen molar-refractivity contribution in [3.63, 3.8) is 0 Å². The maximum absolute atomic E-state index is 9.83. The summed E-state index contributed by atoms with van der Waals surface area (Å²) in [6.07, 6.45) is 4.98. The van der Waals surface area contributed by atoms with Crippen LogP contribution in [0.2, 0.25) is 21.7 Å². The second-order valence-corrected chi connectivity index (χ2v) is 25.4. The number of hydrogen-bond acceptors (Lipinski definition) is 5. The van der Waals surface area contributed by atoms with E-state index < -0.39 is 22.4 Å². The van der Waals surface area contributed by atoms with Crippen LogP contribution in [0.4, 0.5) is 0 Å². The fraction of sp³-hybridized carbons (Fsp3) is 0.684. The second-order valence-electron chi connectivity index (χ2n) is 15.7. The summed E-state index contributed by atoms with van der Waals surface area (Å²) in [5, 5.41) is 12.4. The molecule has 0 radical (unpaired) electrons. The highest BCUT2D eigenvalue weighted by Gasteiger charge is 2.66. The van der Waals surface area contributed by atoms with Gasteiger partial charge in [-0.15, -0.1) is 0 Å². The van der Waals surface area contributed by atoms with Crippen LogP contribution in [0.5, 0.6) is 0 Å². The molecule has 0 amide bonds. The Kier molecular flexibility index (Phi) is 12.0. The Morgan fingerprint density at radius 3 is 1.82 bits per heavy atom. The molecule has 2 saturated heterocycles. The lowest BCUT2D eigenvalue weighted by atomic mass is 9.96. The van der Waals surface area contributed by atoms with Gasteiger partial charge in [0.15, 0.2) is 5.79 Å². The van der Waals surface area contributed by atoms with Gasteiger partial charge in [0.1, 0.15) is 6.10 Å². The van der Waals surface area contributed by atoms with Crippen molar-refractivity contribution in [1.29, 1.82) is 0 Å². The van der Waals surface area contributed by atoms with E-state index in [1.54, 1.807) is 0 Å². The fourth-order valence-corrected chi connectivity index (χ4v) is 18.6. The van der Waals surface area contributed by atoms with Crippen molar-refractivity contribution in [3.8, 4) is 0 Å². The molecule has 2 heterocycles. The van der Waals surface area contributed by atoms with Crippen LogP contribution >= 0.6 is 0 Å². The first-order chi connectivity index (χ1) is 21.2. The summed E-state index contributed by atoms with van der Waals surface area (Å²) in [5.41, 5.74) is 1.53. The molecular weight excluding hydrogens is 593 g/mol. The number of benzene rings is 2. The Bertz CT molecular complexity index is 1120. The van der Waals surface area contributed by atoms with Crippen molar-refractivity contribution in [1.82, 2.24) is 0 Å². The molecule has 252 valence electrons. The normalized spacial score (nSPS) is 24.7. The molecule has 5 atom stereocenters. The van der Waals surface area contributed by atoms with Crippen LogP contribution in [0.25, 0.3) is 0 Å². The third-order valence-electron chi connectivity index (χ3n) is 10.5. The van der Waals surface area contributed by atoms with Gasteiger partial charge >= 0.3 is 0 Å². The monoisotopic (exact) mass is 654 g/mol. The molecule has 0 bridgehead atoms. The maximum atomic E-state index is 9.83. The number of epoxide rings is 1. The highest BCUT2D eigenvalue weighted by atomic mass is 28.4. The molecule has 5 nitrogen and oxygen atoms in total. The lowest BCUT2D eigenvalue weighted by Gasteiger charge is -2.46. The van der Waals surface area contributed by atoms with E-state index >= 15 is 0 Å². The lowest BCUT2D eigenvalue weighted by molar-refractivity contribution is -0.125. The highest BCUT2D eigenvalue weighted by molar-refractivity contribution is 6.99. The molecular formula is C38H62O5Si2. The van der Waals surface area contributed by atoms with Gasteiger partial charge < -0.3 is 23.4 Å². The first-order valence-electron chi connectivity index (χ1n) is 17.7. The van der Waals surface area contributed by atoms with Gasteiger partial charge in [0.05, 0.1) is 18.3 Å². The predicted octanol–water partition coefficient (Wildman–Crippen LogP) is 8.34. The molecule has 2 fully saturated rings. The van der Waals surface area contributed by atoms with Crippen LogP contribution in [-0.4, -0.2) is 58.6 Å². The van der Waals surface area contributed by atoms with Crippen molar-refractivity contribution < 1.29 is 23.4 Å². The standard InChI is InChI=1S/C38H62O5Si2/c1-28(2)44(29(3)4,30(5)6)43-35-27-32(41-38(36(35)42-38)25-18-17-19-31(7)39)24-26-40-45(37(8,9)10,33-20-13-11-14-21-33)34-22-15-12-16-23-34/h11-16,20-23,28-32,35-36,39H,17-19,24-27H2,1-10H3/t31-,32-,35-,36+,38+/m1/s1. The van der Waals surface area contributed by atoms with Crippen molar-refractivity contribution in [2.24, 2.45) is 0 Å². The number of ether oxygens (including phenoxy) is 2. The number of rotatable bonds is 16. The maximum Gasteiger partial charge on any atom is 0.261 e. The highest BCUT2D eigenvalue weighted by Crippen LogP contribution is 2.54. The number of fused-ring (bicyclic) bond motifs is 1. The zero-order valence-corrected chi connectivity index (χ0v) is 31.8. The van der Waals surface area contributed by atoms with Gasteiger partial charge in [0.25, 0.3) is 8.32 Å². The molecule has 45 heavy (non-hydrogen) atoms. The molecule has 0 aliphatic carbocycles. The van der Waals surface area contributed by atoms with E-state index in [9.17, 15) is 5.11 Å². The molecule has 7 heteroatoms. The SMILES string of the molecule is CC(C)[Si](O[C@@H]1C[C@@H](CCO[Si](c2ccccc2)(c2ccccc2)C(C)(C)C)O[C@@]2(CCCC[C@@H](C)O)O[C@@H]12)(C(C)C)C(C)C. The van der Waals surface area contributed by atoms with Crippen LogP contribution in [0.1, 0.15) is 108 Å². The van der Waals surface area contributed by atoms with Crippen LogP contribution in [0.3, 0.4) is 0 Å². The van der Waals surface area contributed by atoms with E-state index in [0.717, 1.165) is 38.5 Å². The van der Waals surface area contributed by atoms with Crippen molar-refractivity contribution in [2.75, 3.05) is 6.61 Å². The van der Waals surface area contributed by atoms with Gasteiger partial charge in [0, 0.05) is 19.4 Å². The third-order valence-corrected chi connectivity index (χ3v) is 21.7. The van der Waals surface area contributed by atoms with E-state index in [2.05, 4.69) is 123 Å². The molecule has 2 aliphatic rings. The third kappa shape index (κ3) is 7.71. The largest absolute Gasteiger partial charge is 0.410 e. The van der Waals surface area contributed by atoms with Gasteiger partial charge in [-0.3, -0.25) is 0 Å². The Morgan fingerprint density at radius 2 is 1.36 bits per heavy atom. The van der Waals surface area contributed by atoms with Crippen LogP contribution in [0, 0.1) is 0 Å². The van der Waals surface area contributed by atoms with Crippen LogP contribution in [-0.2, 0) is 18.3 Å². The minimum Gasteiger partial charge on any atom is -0.410 e. The summed E-state index contributed by atoms with van der Waals surface area (Å²) in [5.74, 6) is -0.575. The van der Waals surface area contributed by atoms with Crippen molar-refractivity contribution in [2.45, 2.75) is 160 Å². The van der Waals surface area contributed by atoms with Gasteiger partial charge in [-0.2, -0.15) is 0 Å². The number of aliphatic hydroxyl groups excluding tert-OH is 1. The van der Waals surface area contributed by atoms with Gasteiger partial charge in [-0.1, -0.05) is 129 Å². The van der Waals surface area contributed by atoms with Gasteiger partial charge in [0.2, 0.25) is 8.32 Å². The van der Waals surface area contributed by atoms with Crippen molar-refractivity contribution in [3.05, 3.63) is 60.7 Å². The smallest absolute Gasteiger partial charge is 0.261 e. The van der Waals surface area contributed by atoms with Crippen LogP contribution in [0.15, 0.2) is 60.7 Å². The Balaban J connectivity index is 1.59. The molecule has 2 aromatic carbocycles. The summed E-state index contributed by atoms with van der Waals surface area (Å²) < 4.78 is 28.1. The zero-order chi connectivity index (χ0) is 33.0. The summed E-state index contributed by atoms with van der Waals surface area (Å²) in [7, 11) is -4.74. The first-order valence-corrected chi connectivity index (χ1v) is 21.7. The first kappa shape index (κ1) is 36.5. The van der Waals surface area contributed by atoms with Crippen LogP contribution < -0.4 is 10.4 Å². The molecule has 2 aliphatic heterocycles. The molecule has 0 spiro atoms. The minimum absolute atomic E-state index is 0.00178. The Morgan fingerprint density at radius 1 is 0.822 bits per heavy atom. The number of hydrogen-bond donors (Lipinski definition) is 1. The summed E-state index contributed by atoms with van der Waals surface area (Å²) in [6.45, 7) is 23.6.